The van der Waals surface area contributed by atoms with Crippen LogP contribution in [0.15, 0.2) is 48.5 Å². The topological polar surface area (TPSA) is 92.8 Å². The number of nitrogens with one attached hydrogen (secondary N) is 1. The second kappa shape index (κ2) is 9.70. The molecule has 2 heterocycles. The van der Waals surface area contributed by atoms with Gasteiger partial charge in [-0.25, -0.2) is 9.29 Å². The number of hydrogen-bond acceptors (Lipinski definition) is 6. The molecule has 2 aliphatic rings. The van der Waals surface area contributed by atoms with Crippen LogP contribution in [0.2, 0.25) is 0 Å². The fourth-order valence-electron chi connectivity index (χ4n) is 5.31. The van der Waals surface area contributed by atoms with Gasteiger partial charge < -0.3 is 4.74 Å². The van der Waals surface area contributed by atoms with E-state index in [1.54, 1.807) is 37.3 Å². The quantitative estimate of drug-likeness (QED) is 0.349. The average molecular weight is 481 g/mol. The van der Waals surface area contributed by atoms with Gasteiger partial charge in [0.1, 0.15) is 11.4 Å². The summed E-state index contributed by atoms with van der Waals surface area (Å²) in [6.45, 7) is 5.20. The van der Waals surface area contributed by atoms with Gasteiger partial charge in [0.15, 0.2) is 5.78 Å². The number of anilines is 1. The zero-order chi connectivity index (χ0) is 25.3. The predicted molar refractivity (Wildman–Crippen MR) is 127 cm³/mol. The van der Waals surface area contributed by atoms with Crippen LogP contribution < -0.4 is 10.2 Å². The molecule has 0 bridgehead atoms. The first-order valence-corrected chi connectivity index (χ1v) is 11.9. The number of fused-ring (bicyclic) bond motifs is 1. The van der Waals surface area contributed by atoms with Crippen LogP contribution in [0.5, 0.6) is 0 Å². The van der Waals surface area contributed by atoms with E-state index in [0.29, 0.717) is 24.0 Å². The number of imide groups is 1. The third-order valence-electron chi connectivity index (χ3n) is 6.96. The van der Waals surface area contributed by atoms with Crippen molar-refractivity contribution in [2.45, 2.75) is 51.6 Å². The summed E-state index contributed by atoms with van der Waals surface area (Å²) in [6, 6.07) is 11.3. The van der Waals surface area contributed by atoms with E-state index in [-0.39, 0.29) is 18.1 Å². The highest BCUT2D eigenvalue weighted by molar-refractivity contribution is 6.24. The number of amides is 2. The standard InChI is InChI=1S/C27H29FN2O5/c1-4-6-14-27(26(34)35-5-2)22-21(23(29-27)17-10-12-19(28)13-11-17)24(32)30(25(22)33)20-9-7-8-18(15-20)16(3)31/h7-13,15,21-23,29H,4-6,14H2,1-3H3/t21-,22-,23-,27-/m0/s1. The molecule has 2 fully saturated rings. The van der Waals surface area contributed by atoms with Crippen LogP contribution in [0, 0.1) is 17.7 Å². The van der Waals surface area contributed by atoms with Gasteiger partial charge in [0, 0.05) is 11.6 Å². The van der Waals surface area contributed by atoms with E-state index in [1.165, 1.54) is 25.1 Å². The molecule has 1 N–H and O–H groups in total. The molecule has 4 atom stereocenters. The second-order valence-corrected chi connectivity index (χ2v) is 9.09. The van der Waals surface area contributed by atoms with E-state index in [2.05, 4.69) is 5.32 Å². The van der Waals surface area contributed by atoms with Crippen molar-refractivity contribution >= 4 is 29.3 Å². The Balaban J connectivity index is 1.86. The lowest BCUT2D eigenvalue weighted by molar-refractivity contribution is -0.155. The summed E-state index contributed by atoms with van der Waals surface area (Å²) in [5.41, 5.74) is -0.149. The smallest absolute Gasteiger partial charge is 0.327 e. The molecule has 35 heavy (non-hydrogen) atoms. The van der Waals surface area contributed by atoms with Crippen molar-refractivity contribution in [2.75, 3.05) is 11.5 Å². The molecule has 0 aliphatic carbocycles. The maximum atomic E-state index is 13.9. The van der Waals surface area contributed by atoms with Crippen LogP contribution in [0.25, 0.3) is 0 Å². The highest BCUT2D eigenvalue weighted by Gasteiger charge is 2.68. The van der Waals surface area contributed by atoms with Crippen molar-refractivity contribution in [3.8, 4) is 0 Å². The molecule has 2 saturated heterocycles. The summed E-state index contributed by atoms with van der Waals surface area (Å²) >= 11 is 0. The van der Waals surface area contributed by atoms with Gasteiger partial charge in [0.05, 0.1) is 24.1 Å². The number of rotatable bonds is 8. The van der Waals surface area contributed by atoms with Crippen LogP contribution in [0.3, 0.4) is 0 Å². The van der Waals surface area contributed by atoms with Crippen molar-refractivity contribution < 1.29 is 28.3 Å². The Hall–Kier alpha value is -3.39. The number of carbonyl (C=O) groups is 4. The highest BCUT2D eigenvalue weighted by Crippen LogP contribution is 2.51. The Bertz CT molecular complexity index is 1160. The van der Waals surface area contributed by atoms with Crippen LogP contribution >= 0.6 is 0 Å². The molecule has 0 spiro atoms. The molecule has 0 saturated carbocycles. The largest absolute Gasteiger partial charge is 0.465 e. The van der Waals surface area contributed by atoms with Crippen LogP contribution in [-0.4, -0.2) is 35.7 Å². The summed E-state index contributed by atoms with van der Waals surface area (Å²) in [6.07, 6.45) is 1.71. The van der Waals surface area contributed by atoms with Crippen molar-refractivity contribution in [2.24, 2.45) is 11.8 Å². The molecule has 4 rings (SSSR count). The van der Waals surface area contributed by atoms with Crippen molar-refractivity contribution in [3.63, 3.8) is 0 Å². The van der Waals surface area contributed by atoms with E-state index in [0.717, 1.165) is 11.3 Å². The van der Waals surface area contributed by atoms with Gasteiger partial charge in [0.2, 0.25) is 11.8 Å². The third kappa shape index (κ3) is 4.16. The fourth-order valence-corrected chi connectivity index (χ4v) is 5.31. The summed E-state index contributed by atoms with van der Waals surface area (Å²) < 4.78 is 19.1. The number of benzene rings is 2. The normalized spacial score (nSPS) is 25.6. The molecule has 0 radical (unpaired) electrons. The van der Waals surface area contributed by atoms with Gasteiger partial charge in [-0.3, -0.25) is 24.5 Å². The van der Waals surface area contributed by atoms with Gasteiger partial charge in [-0.2, -0.15) is 0 Å². The van der Waals surface area contributed by atoms with E-state index in [4.69, 9.17) is 4.74 Å². The number of hydrogen-bond donors (Lipinski definition) is 1. The molecule has 2 aromatic carbocycles. The molecular weight excluding hydrogens is 451 g/mol. The molecule has 7 nitrogen and oxygen atoms in total. The Morgan fingerprint density at radius 3 is 2.43 bits per heavy atom. The first-order valence-electron chi connectivity index (χ1n) is 11.9. The molecule has 2 aliphatic heterocycles. The molecule has 184 valence electrons. The van der Waals surface area contributed by atoms with E-state index in [1.807, 2.05) is 6.92 Å². The molecule has 2 amide bonds. The van der Waals surface area contributed by atoms with Gasteiger partial charge >= 0.3 is 5.97 Å². The zero-order valence-corrected chi connectivity index (χ0v) is 20.0. The predicted octanol–water partition coefficient (Wildman–Crippen LogP) is 3.97. The minimum atomic E-state index is -1.41. The summed E-state index contributed by atoms with van der Waals surface area (Å²) in [5.74, 6) is -4.07. The van der Waals surface area contributed by atoms with Crippen molar-refractivity contribution in [1.82, 2.24) is 5.32 Å². The minimum Gasteiger partial charge on any atom is -0.465 e. The van der Waals surface area contributed by atoms with Crippen LogP contribution in [0.1, 0.15) is 62.0 Å². The SMILES string of the molecule is CCCC[C@]1(C(=O)OCC)N[C@@H](c2ccc(F)cc2)[C@H]2C(=O)N(c3cccc(C(C)=O)c3)C(=O)[C@H]21. The lowest BCUT2D eigenvalue weighted by Crippen LogP contribution is -2.56. The second-order valence-electron chi connectivity index (χ2n) is 9.09. The van der Waals surface area contributed by atoms with Crippen LogP contribution in [-0.2, 0) is 19.1 Å². The minimum absolute atomic E-state index is 0.125. The number of esters is 1. The number of ketones is 1. The van der Waals surface area contributed by atoms with Gasteiger partial charge in [0.25, 0.3) is 0 Å². The maximum absolute atomic E-state index is 13.9. The summed E-state index contributed by atoms with van der Waals surface area (Å²) in [7, 11) is 0. The fraction of sp³-hybridized carbons (Fsp3) is 0.407. The number of unbranched alkanes of at least 4 members (excludes halogenated alkanes) is 1. The lowest BCUT2D eigenvalue weighted by atomic mass is 9.76. The van der Waals surface area contributed by atoms with Crippen LogP contribution in [0.4, 0.5) is 10.1 Å². The highest BCUT2D eigenvalue weighted by atomic mass is 19.1. The molecule has 8 heteroatoms. The maximum Gasteiger partial charge on any atom is 0.327 e. The van der Waals surface area contributed by atoms with Crippen molar-refractivity contribution in [1.29, 1.82) is 0 Å². The first-order chi connectivity index (χ1) is 16.7. The molecular formula is C27H29FN2O5. The number of Topliss-reactive ketones (excluding diaryl/α,β-unsaturated/α-hetero) is 1. The lowest BCUT2D eigenvalue weighted by Gasteiger charge is -2.33. The zero-order valence-electron chi connectivity index (χ0n) is 20.0. The molecule has 2 aromatic rings. The Morgan fingerprint density at radius 1 is 1.09 bits per heavy atom. The van der Waals surface area contributed by atoms with Crippen molar-refractivity contribution in [3.05, 3.63) is 65.5 Å². The van der Waals surface area contributed by atoms with Gasteiger partial charge in [-0.1, -0.05) is 44.0 Å². The van der Waals surface area contributed by atoms with E-state index in [9.17, 15) is 23.6 Å². The number of carbonyl (C=O) groups excluding carboxylic acids is 4. The average Bonchev–Trinajstić information content (AvgIpc) is 3.32. The Morgan fingerprint density at radius 2 is 1.80 bits per heavy atom. The third-order valence-corrected chi connectivity index (χ3v) is 6.96. The monoisotopic (exact) mass is 480 g/mol. The number of halogens is 1. The molecule has 0 unspecified atom stereocenters. The van der Waals surface area contributed by atoms with E-state index < -0.39 is 47.0 Å². The summed E-state index contributed by atoms with van der Waals surface area (Å²) in [5, 5.41) is 3.30. The van der Waals surface area contributed by atoms with Gasteiger partial charge in [-0.15, -0.1) is 0 Å². The summed E-state index contributed by atoms with van der Waals surface area (Å²) in [4.78, 5) is 54.2. The Kier molecular flexibility index (Phi) is 6.85. The van der Waals surface area contributed by atoms with E-state index >= 15 is 0 Å². The van der Waals surface area contributed by atoms with Gasteiger partial charge in [-0.05, 0) is 50.1 Å². The number of ether oxygens (including phenoxy) is 1. The Labute approximate surface area is 203 Å². The molecule has 0 aromatic heterocycles. The number of nitrogens with zero attached hydrogens (tertiary/aromatic N) is 1. The first kappa shape index (κ1) is 24.7.